The Morgan fingerprint density at radius 1 is 0.561 bits per heavy atom. The van der Waals surface area contributed by atoms with Crippen molar-refractivity contribution >= 4 is 43.4 Å². The standard InChI is InChI=1S/C37H23N3S/c1-2-10-23(11-3-1)31-20-18-29-25-13-6-8-16-32(25)40(37(29)38-31)34-21-19-28-24-12-4-5-15-27(24)35(36(28)39-34)30-22-41-33-17-9-7-14-26(30)33/h1-22,35H. The van der Waals surface area contributed by atoms with Crippen LogP contribution in [0.25, 0.3) is 60.2 Å². The Morgan fingerprint density at radius 2 is 1.34 bits per heavy atom. The topological polar surface area (TPSA) is 30.7 Å². The monoisotopic (exact) mass is 541 g/mol. The van der Waals surface area contributed by atoms with Gasteiger partial charge in [-0.1, -0.05) is 91.0 Å². The Kier molecular flexibility index (Phi) is 4.83. The van der Waals surface area contributed by atoms with Crippen molar-refractivity contribution in [2.45, 2.75) is 5.92 Å². The third-order valence-electron chi connectivity index (χ3n) is 8.39. The van der Waals surface area contributed by atoms with Gasteiger partial charge in [-0.3, -0.25) is 4.57 Å². The van der Waals surface area contributed by atoms with Gasteiger partial charge in [-0.2, -0.15) is 0 Å². The quantitative estimate of drug-likeness (QED) is 0.223. The van der Waals surface area contributed by atoms with Gasteiger partial charge in [0.15, 0.2) is 0 Å². The van der Waals surface area contributed by atoms with Gasteiger partial charge in [0, 0.05) is 26.6 Å². The number of pyridine rings is 2. The summed E-state index contributed by atoms with van der Waals surface area (Å²) >= 11 is 1.81. The second-order valence-electron chi connectivity index (χ2n) is 10.6. The van der Waals surface area contributed by atoms with Crippen LogP contribution in [0.4, 0.5) is 0 Å². The van der Waals surface area contributed by atoms with E-state index in [-0.39, 0.29) is 5.92 Å². The summed E-state index contributed by atoms with van der Waals surface area (Å²) in [6.07, 6.45) is 0. The van der Waals surface area contributed by atoms with Crippen molar-refractivity contribution in [3.63, 3.8) is 0 Å². The molecule has 3 nitrogen and oxygen atoms in total. The third kappa shape index (κ3) is 3.32. The van der Waals surface area contributed by atoms with Crippen LogP contribution in [0.5, 0.6) is 0 Å². The molecule has 192 valence electrons. The molecule has 1 unspecified atom stereocenters. The highest BCUT2D eigenvalue weighted by Gasteiger charge is 2.33. The predicted octanol–water partition coefficient (Wildman–Crippen LogP) is 9.62. The maximum absolute atomic E-state index is 5.48. The number of fused-ring (bicyclic) bond motifs is 7. The van der Waals surface area contributed by atoms with Crippen LogP contribution in [0.1, 0.15) is 22.7 Å². The van der Waals surface area contributed by atoms with Crippen molar-refractivity contribution in [3.8, 4) is 28.2 Å². The molecule has 4 aromatic carbocycles. The normalized spacial score (nSPS) is 14.1. The number of benzene rings is 4. The summed E-state index contributed by atoms with van der Waals surface area (Å²) in [5, 5.41) is 5.94. The highest BCUT2D eigenvalue weighted by atomic mass is 32.1. The van der Waals surface area contributed by atoms with Crippen molar-refractivity contribution in [1.29, 1.82) is 0 Å². The van der Waals surface area contributed by atoms with Crippen LogP contribution in [0.2, 0.25) is 0 Å². The molecule has 0 spiro atoms. The summed E-state index contributed by atoms with van der Waals surface area (Å²) in [6, 6.07) is 45.2. The van der Waals surface area contributed by atoms with Gasteiger partial charge >= 0.3 is 0 Å². The zero-order valence-corrected chi connectivity index (χ0v) is 22.8. The Labute approximate surface area is 241 Å². The molecule has 41 heavy (non-hydrogen) atoms. The number of para-hydroxylation sites is 1. The van der Waals surface area contributed by atoms with E-state index >= 15 is 0 Å². The van der Waals surface area contributed by atoms with Crippen molar-refractivity contribution < 1.29 is 0 Å². The molecule has 9 rings (SSSR count). The second-order valence-corrected chi connectivity index (χ2v) is 11.5. The SMILES string of the molecule is c1ccc(-c2ccc3c4ccccc4n(-c4ccc5c(n4)C(c4csc6ccccc46)c4ccccc4-5)c3n2)cc1. The minimum Gasteiger partial charge on any atom is -0.278 e. The van der Waals surface area contributed by atoms with Crippen LogP contribution in [0.3, 0.4) is 0 Å². The predicted molar refractivity (Wildman–Crippen MR) is 170 cm³/mol. The van der Waals surface area contributed by atoms with Crippen molar-refractivity contribution in [3.05, 3.63) is 150 Å². The lowest BCUT2D eigenvalue weighted by Gasteiger charge is -2.14. The number of hydrogen-bond acceptors (Lipinski definition) is 3. The molecule has 1 aliphatic carbocycles. The zero-order chi connectivity index (χ0) is 26.9. The fourth-order valence-electron chi connectivity index (χ4n) is 6.56. The average molecular weight is 542 g/mol. The first-order chi connectivity index (χ1) is 20.3. The first-order valence-electron chi connectivity index (χ1n) is 13.9. The zero-order valence-electron chi connectivity index (χ0n) is 22.0. The van der Waals surface area contributed by atoms with E-state index in [1.54, 1.807) is 0 Å². The number of nitrogens with zero attached hydrogens (tertiary/aromatic N) is 3. The highest BCUT2D eigenvalue weighted by molar-refractivity contribution is 7.17. The van der Waals surface area contributed by atoms with Crippen LogP contribution in [-0.2, 0) is 0 Å². The molecular weight excluding hydrogens is 518 g/mol. The molecule has 0 radical (unpaired) electrons. The van der Waals surface area contributed by atoms with E-state index in [9.17, 15) is 0 Å². The lowest BCUT2D eigenvalue weighted by atomic mass is 9.91. The number of rotatable bonds is 3. The van der Waals surface area contributed by atoms with E-state index in [1.807, 2.05) is 17.4 Å². The van der Waals surface area contributed by atoms with E-state index in [0.717, 1.165) is 39.3 Å². The maximum Gasteiger partial charge on any atom is 0.147 e. The largest absolute Gasteiger partial charge is 0.278 e. The van der Waals surface area contributed by atoms with Crippen LogP contribution < -0.4 is 0 Å². The minimum atomic E-state index is 0.0817. The Hall–Kier alpha value is -5.06. The van der Waals surface area contributed by atoms with Gasteiger partial charge in [0.25, 0.3) is 0 Å². The molecule has 0 fully saturated rings. The fraction of sp³-hybridized carbons (Fsp3) is 0.0270. The number of hydrogen-bond donors (Lipinski definition) is 0. The third-order valence-corrected chi connectivity index (χ3v) is 9.37. The average Bonchev–Trinajstić information content (AvgIpc) is 3.70. The number of aromatic nitrogens is 3. The molecule has 4 heteroatoms. The summed E-state index contributed by atoms with van der Waals surface area (Å²) in [6.45, 7) is 0. The summed E-state index contributed by atoms with van der Waals surface area (Å²) in [5.74, 6) is 0.975. The summed E-state index contributed by atoms with van der Waals surface area (Å²) in [7, 11) is 0. The molecule has 0 amide bonds. The van der Waals surface area contributed by atoms with Gasteiger partial charge < -0.3 is 0 Å². The summed E-state index contributed by atoms with van der Waals surface area (Å²) in [5.41, 5.74) is 10.3. The smallest absolute Gasteiger partial charge is 0.147 e. The van der Waals surface area contributed by atoms with Gasteiger partial charge in [-0.25, -0.2) is 9.97 Å². The molecule has 1 aliphatic rings. The highest BCUT2D eigenvalue weighted by Crippen LogP contribution is 2.50. The second kappa shape index (κ2) is 8.72. The van der Waals surface area contributed by atoms with Crippen LogP contribution >= 0.6 is 11.3 Å². The number of thiophene rings is 1. The molecule has 0 saturated carbocycles. The van der Waals surface area contributed by atoms with Crippen molar-refractivity contribution in [1.82, 2.24) is 14.5 Å². The molecule has 0 saturated heterocycles. The van der Waals surface area contributed by atoms with Crippen molar-refractivity contribution in [2.24, 2.45) is 0 Å². The van der Waals surface area contributed by atoms with Crippen LogP contribution in [0, 0.1) is 0 Å². The molecule has 0 N–H and O–H groups in total. The molecule has 4 heterocycles. The molecule has 8 aromatic rings. The molecule has 0 aliphatic heterocycles. The van der Waals surface area contributed by atoms with Gasteiger partial charge in [-0.05, 0) is 63.9 Å². The van der Waals surface area contributed by atoms with Gasteiger partial charge in [0.2, 0.25) is 0 Å². The van der Waals surface area contributed by atoms with E-state index in [0.29, 0.717) is 0 Å². The Bertz CT molecular complexity index is 2280. The fourth-order valence-corrected chi connectivity index (χ4v) is 7.54. The first-order valence-corrected chi connectivity index (χ1v) is 14.8. The summed E-state index contributed by atoms with van der Waals surface area (Å²) in [4.78, 5) is 10.7. The van der Waals surface area contributed by atoms with Gasteiger partial charge in [-0.15, -0.1) is 11.3 Å². The van der Waals surface area contributed by atoms with E-state index < -0.39 is 0 Å². The van der Waals surface area contributed by atoms with E-state index in [2.05, 4.69) is 131 Å². The molecule has 4 aromatic heterocycles. The van der Waals surface area contributed by atoms with Gasteiger partial charge in [0.1, 0.15) is 11.5 Å². The van der Waals surface area contributed by atoms with E-state index in [4.69, 9.17) is 9.97 Å². The minimum absolute atomic E-state index is 0.0817. The van der Waals surface area contributed by atoms with Crippen LogP contribution in [-0.4, -0.2) is 14.5 Å². The van der Waals surface area contributed by atoms with E-state index in [1.165, 1.54) is 37.7 Å². The van der Waals surface area contributed by atoms with Crippen LogP contribution in [0.15, 0.2) is 133 Å². The lowest BCUT2D eigenvalue weighted by molar-refractivity contribution is 0.938. The lowest BCUT2D eigenvalue weighted by Crippen LogP contribution is -2.05. The molecule has 1 atom stereocenters. The van der Waals surface area contributed by atoms with Crippen molar-refractivity contribution in [2.75, 3.05) is 0 Å². The molecule has 0 bridgehead atoms. The molecular formula is C37H23N3S. The Morgan fingerprint density at radius 3 is 2.27 bits per heavy atom. The maximum atomic E-state index is 5.48. The summed E-state index contributed by atoms with van der Waals surface area (Å²) < 4.78 is 3.55. The Balaban J connectivity index is 1.31. The van der Waals surface area contributed by atoms with Gasteiger partial charge in [0.05, 0.1) is 22.8 Å². The first kappa shape index (κ1) is 22.7.